The number of aliphatic hydroxyl groups is 1. The van der Waals surface area contributed by atoms with Crippen LogP contribution >= 0.6 is 11.3 Å². The fraction of sp³-hybridized carbons (Fsp3) is 0.650. The number of rotatable bonds is 5. The van der Waals surface area contributed by atoms with E-state index in [1.54, 1.807) is 10.9 Å². The van der Waals surface area contributed by atoms with Gasteiger partial charge in [-0.2, -0.15) is 0 Å². The van der Waals surface area contributed by atoms with Crippen LogP contribution in [0.4, 0.5) is 0 Å². The number of carbonyl (C=O) groups excluding carboxylic acids is 2. The normalized spacial score (nSPS) is 22.9. The highest BCUT2D eigenvalue weighted by Crippen LogP contribution is 2.41. The molecule has 4 rings (SSSR count). The van der Waals surface area contributed by atoms with Gasteiger partial charge in [-0.3, -0.25) is 9.59 Å². The molecule has 2 aromatic heterocycles. The van der Waals surface area contributed by atoms with E-state index in [1.165, 1.54) is 36.1 Å². The average molecular weight is 433 g/mol. The predicted molar refractivity (Wildman–Crippen MR) is 112 cm³/mol. The van der Waals surface area contributed by atoms with Crippen molar-refractivity contribution in [3.8, 4) is 10.7 Å². The molecule has 9 nitrogen and oxygen atoms in total. The first-order valence-corrected chi connectivity index (χ1v) is 11.1. The van der Waals surface area contributed by atoms with Crippen molar-refractivity contribution in [2.45, 2.75) is 64.1 Å². The van der Waals surface area contributed by atoms with Crippen LogP contribution < -0.4 is 5.32 Å². The number of hydrogen-bond acceptors (Lipinski definition) is 7. The number of nitrogens with one attached hydrogen (secondary N) is 1. The summed E-state index contributed by atoms with van der Waals surface area (Å²) in [7, 11) is 1.53. The first kappa shape index (κ1) is 20.9. The van der Waals surface area contributed by atoms with E-state index >= 15 is 0 Å². The number of amides is 2. The summed E-state index contributed by atoms with van der Waals surface area (Å²) >= 11 is 1.54. The minimum absolute atomic E-state index is 0.127. The standard InChI is InChI=1S/C20H28N6O3S/c1-20(2,3)16(19(29)25-8-12(27)7-15(25)17(28)21-4)26-9-13(23-24-26)18-22-14(10-30-18)11-5-6-11/h9-12,15-16,27H,5-8H2,1-4H3,(H,21,28)/t12?,15?,16-/m1/s1. The van der Waals surface area contributed by atoms with Gasteiger partial charge in [0.05, 0.1) is 18.0 Å². The maximum absolute atomic E-state index is 13.5. The predicted octanol–water partition coefficient (Wildman–Crippen LogP) is 1.57. The lowest BCUT2D eigenvalue weighted by Crippen LogP contribution is -2.49. The molecule has 0 spiro atoms. The largest absolute Gasteiger partial charge is 0.391 e. The molecule has 1 aliphatic heterocycles. The van der Waals surface area contributed by atoms with Crippen molar-refractivity contribution in [3.63, 3.8) is 0 Å². The Bertz CT molecular complexity index is 944. The molecule has 0 radical (unpaired) electrons. The molecule has 1 saturated carbocycles. The number of nitrogens with zero attached hydrogens (tertiary/aromatic N) is 5. The molecule has 2 aromatic rings. The van der Waals surface area contributed by atoms with Gasteiger partial charge in [-0.25, -0.2) is 9.67 Å². The third kappa shape index (κ3) is 3.98. The highest BCUT2D eigenvalue weighted by Gasteiger charge is 2.45. The van der Waals surface area contributed by atoms with Gasteiger partial charge in [-0.15, -0.1) is 16.4 Å². The highest BCUT2D eigenvalue weighted by atomic mass is 32.1. The molecule has 3 heterocycles. The quantitative estimate of drug-likeness (QED) is 0.742. The Morgan fingerprint density at radius 2 is 2.07 bits per heavy atom. The van der Waals surface area contributed by atoms with Crippen molar-refractivity contribution in [2.75, 3.05) is 13.6 Å². The highest BCUT2D eigenvalue weighted by molar-refractivity contribution is 7.13. The summed E-state index contributed by atoms with van der Waals surface area (Å²) in [4.78, 5) is 32.0. The van der Waals surface area contributed by atoms with Crippen molar-refractivity contribution < 1.29 is 14.7 Å². The number of aromatic nitrogens is 4. The lowest BCUT2D eigenvalue weighted by atomic mass is 9.85. The molecule has 2 aliphatic rings. The Hall–Kier alpha value is -2.33. The zero-order valence-electron chi connectivity index (χ0n) is 17.7. The van der Waals surface area contributed by atoms with E-state index in [1.807, 2.05) is 20.8 Å². The Morgan fingerprint density at radius 1 is 1.33 bits per heavy atom. The topological polar surface area (TPSA) is 113 Å². The van der Waals surface area contributed by atoms with Gasteiger partial charge >= 0.3 is 0 Å². The van der Waals surface area contributed by atoms with Crippen LogP contribution in [0.1, 0.15) is 57.7 Å². The van der Waals surface area contributed by atoms with Gasteiger partial charge in [0.25, 0.3) is 0 Å². The molecule has 162 valence electrons. The molecule has 30 heavy (non-hydrogen) atoms. The van der Waals surface area contributed by atoms with Crippen LogP contribution in [0.3, 0.4) is 0 Å². The second-order valence-corrected chi connectivity index (χ2v) is 10.1. The monoisotopic (exact) mass is 432 g/mol. The maximum atomic E-state index is 13.5. The Kier molecular flexibility index (Phi) is 5.39. The van der Waals surface area contributed by atoms with E-state index in [9.17, 15) is 14.7 Å². The second-order valence-electron chi connectivity index (χ2n) is 9.21. The first-order chi connectivity index (χ1) is 14.2. The summed E-state index contributed by atoms with van der Waals surface area (Å²) in [6, 6.07) is -1.36. The number of thiazole rings is 1. The van der Waals surface area contributed by atoms with Crippen molar-refractivity contribution >= 4 is 23.2 Å². The van der Waals surface area contributed by atoms with Crippen LogP contribution in [0, 0.1) is 5.41 Å². The molecule has 1 saturated heterocycles. The van der Waals surface area contributed by atoms with Gasteiger partial charge in [0.1, 0.15) is 22.8 Å². The molecule has 0 aromatic carbocycles. The number of likely N-dealkylation sites (N-methyl/N-ethyl adjacent to an activating group) is 1. The Balaban J connectivity index is 1.62. The van der Waals surface area contributed by atoms with Crippen molar-refractivity contribution in [1.82, 2.24) is 30.2 Å². The van der Waals surface area contributed by atoms with E-state index in [2.05, 4.69) is 26.0 Å². The Labute approximate surface area is 179 Å². The summed E-state index contributed by atoms with van der Waals surface area (Å²) in [6.45, 7) is 5.98. The number of carbonyl (C=O) groups is 2. The zero-order chi connectivity index (χ0) is 21.6. The first-order valence-electron chi connectivity index (χ1n) is 10.3. The molecule has 0 bridgehead atoms. The van der Waals surface area contributed by atoms with E-state index in [4.69, 9.17) is 0 Å². The molecule has 3 atom stereocenters. The lowest BCUT2D eigenvalue weighted by molar-refractivity contribution is -0.144. The third-order valence-corrected chi connectivity index (χ3v) is 6.56. The molecular weight excluding hydrogens is 404 g/mol. The van der Waals surface area contributed by atoms with Crippen molar-refractivity contribution in [2.24, 2.45) is 5.41 Å². The van der Waals surface area contributed by atoms with Crippen LogP contribution in [-0.2, 0) is 9.59 Å². The van der Waals surface area contributed by atoms with Gasteiger partial charge in [0.2, 0.25) is 11.8 Å². The van der Waals surface area contributed by atoms with Gasteiger partial charge < -0.3 is 15.3 Å². The van der Waals surface area contributed by atoms with Gasteiger partial charge in [0.15, 0.2) is 0 Å². The molecule has 2 unspecified atom stereocenters. The summed E-state index contributed by atoms with van der Waals surface area (Å²) in [6.07, 6.45) is 3.63. The number of hydrogen-bond donors (Lipinski definition) is 2. The minimum Gasteiger partial charge on any atom is -0.391 e. The summed E-state index contributed by atoms with van der Waals surface area (Å²) in [5.74, 6) is 0.0429. The number of aliphatic hydroxyl groups excluding tert-OH is 1. The molecular formula is C20H28N6O3S. The average Bonchev–Trinajstić information content (AvgIpc) is 3.08. The fourth-order valence-electron chi connectivity index (χ4n) is 3.98. The molecule has 1 aliphatic carbocycles. The molecule has 10 heteroatoms. The van der Waals surface area contributed by atoms with E-state index in [0.717, 1.165) is 10.7 Å². The SMILES string of the molecule is CNC(=O)C1CC(O)CN1C(=O)[C@@H](n1cc(-c2nc(C3CC3)cs2)nn1)C(C)(C)C. The smallest absolute Gasteiger partial charge is 0.248 e. The van der Waals surface area contributed by atoms with E-state index < -0.39 is 23.6 Å². The van der Waals surface area contributed by atoms with Crippen molar-refractivity contribution in [3.05, 3.63) is 17.3 Å². The zero-order valence-corrected chi connectivity index (χ0v) is 18.5. The Morgan fingerprint density at radius 3 is 2.70 bits per heavy atom. The van der Waals surface area contributed by atoms with Crippen LogP contribution in [0.5, 0.6) is 0 Å². The fourth-order valence-corrected chi connectivity index (χ4v) is 4.83. The minimum atomic E-state index is -0.723. The second kappa shape index (κ2) is 7.73. The van der Waals surface area contributed by atoms with Crippen LogP contribution in [0.15, 0.2) is 11.6 Å². The molecule has 2 N–H and O–H groups in total. The van der Waals surface area contributed by atoms with Gasteiger partial charge in [-0.1, -0.05) is 26.0 Å². The summed E-state index contributed by atoms with van der Waals surface area (Å²) in [5, 5.41) is 24.1. The molecule has 2 amide bonds. The summed E-state index contributed by atoms with van der Waals surface area (Å²) in [5.41, 5.74) is 1.26. The van der Waals surface area contributed by atoms with Crippen LogP contribution in [0.2, 0.25) is 0 Å². The van der Waals surface area contributed by atoms with E-state index in [-0.39, 0.29) is 24.8 Å². The third-order valence-electron chi connectivity index (χ3n) is 5.68. The molecule has 2 fully saturated rings. The number of β-amino-alcohol motifs (C(OH)–C–C–N with tert-alkyl or cyclic N) is 1. The number of likely N-dealkylation sites (tertiary alicyclic amines) is 1. The lowest BCUT2D eigenvalue weighted by Gasteiger charge is -2.34. The van der Waals surface area contributed by atoms with E-state index in [0.29, 0.717) is 11.6 Å². The maximum Gasteiger partial charge on any atom is 0.248 e. The van der Waals surface area contributed by atoms with Crippen LogP contribution in [-0.4, -0.2) is 67.5 Å². The van der Waals surface area contributed by atoms with Gasteiger partial charge in [-0.05, 0) is 18.3 Å². The van der Waals surface area contributed by atoms with Gasteiger partial charge in [0, 0.05) is 31.3 Å². The summed E-state index contributed by atoms with van der Waals surface area (Å²) < 4.78 is 1.57. The van der Waals surface area contributed by atoms with Crippen molar-refractivity contribution in [1.29, 1.82) is 0 Å². The van der Waals surface area contributed by atoms with Crippen LogP contribution in [0.25, 0.3) is 10.7 Å².